The summed E-state index contributed by atoms with van der Waals surface area (Å²) in [6.45, 7) is 3.54. The zero-order valence-electron chi connectivity index (χ0n) is 14.8. The van der Waals surface area contributed by atoms with Crippen LogP contribution in [0.25, 0.3) is 0 Å². The van der Waals surface area contributed by atoms with Crippen LogP contribution in [-0.2, 0) is 4.79 Å². The van der Waals surface area contributed by atoms with Gasteiger partial charge in [-0.2, -0.15) is 0 Å². The number of benzene rings is 1. The van der Waals surface area contributed by atoms with E-state index < -0.39 is 10.8 Å². The van der Waals surface area contributed by atoms with Crippen LogP contribution in [0.5, 0.6) is 0 Å². The van der Waals surface area contributed by atoms with Crippen LogP contribution in [0, 0.1) is 22.0 Å². The Morgan fingerprint density at radius 1 is 1.26 bits per heavy atom. The van der Waals surface area contributed by atoms with Crippen LogP contribution < -0.4 is 11.1 Å². The number of nitrogens with two attached hydrogens (primary N) is 1. The van der Waals surface area contributed by atoms with Gasteiger partial charge in [0.05, 0.1) is 15.6 Å². The summed E-state index contributed by atoms with van der Waals surface area (Å²) in [6.07, 6.45) is 2.00. The molecule has 148 valence electrons. The van der Waals surface area contributed by atoms with Crippen LogP contribution in [0.1, 0.15) is 23.2 Å². The van der Waals surface area contributed by atoms with E-state index >= 15 is 0 Å². The molecule has 2 aliphatic heterocycles. The van der Waals surface area contributed by atoms with E-state index in [1.807, 2.05) is 4.90 Å². The molecule has 3 rings (SSSR count). The largest absolute Gasteiger partial charge is 0.366 e. The first kappa shape index (κ1) is 21.5. The summed E-state index contributed by atoms with van der Waals surface area (Å²) in [4.78, 5) is 36.7. The lowest BCUT2D eigenvalue weighted by molar-refractivity contribution is -0.387. The molecular formula is C17H23ClN4O4S. The van der Waals surface area contributed by atoms with Crippen LogP contribution in [-0.4, -0.2) is 53.6 Å². The highest BCUT2D eigenvalue weighted by Crippen LogP contribution is 2.31. The van der Waals surface area contributed by atoms with Gasteiger partial charge in [-0.3, -0.25) is 19.7 Å². The minimum absolute atomic E-state index is 0. The second-order valence-electron chi connectivity index (χ2n) is 6.73. The number of amides is 2. The van der Waals surface area contributed by atoms with Gasteiger partial charge in [0.25, 0.3) is 5.69 Å². The molecule has 0 saturated carbocycles. The molecular weight excluding hydrogens is 392 g/mol. The number of carbonyl (C=O) groups is 2. The van der Waals surface area contributed by atoms with Gasteiger partial charge >= 0.3 is 0 Å². The van der Waals surface area contributed by atoms with Gasteiger partial charge < -0.3 is 16.0 Å². The molecule has 1 aromatic rings. The number of hydrogen-bond donors (Lipinski definition) is 2. The topological polar surface area (TPSA) is 119 Å². The van der Waals surface area contributed by atoms with Gasteiger partial charge in [0, 0.05) is 24.7 Å². The lowest BCUT2D eigenvalue weighted by Gasteiger charge is -2.20. The highest BCUT2D eigenvalue weighted by molar-refractivity contribution is 8.00. The van der Waals surface area contributed by atoms with Crippen molar-refractivity contribution in [3.63, 3.8) is 0 Å². The number of nitrogens with one attached hydrogen (secondary N) is 1. The fraction of sp³-hybridized carbons (Fsp3) is 0.529. The maximum atomic E-state index is 12.5. The molecule has 3 N–H and O–H groups in total. The molecule has 0 unspecified atom stereocenters. The predicted molar refractivity (Wildman–Crippen MR) is 105 cm³/mol. The van der Waals surface area contributed by atoms with Gasteiger partial charge in [0.15, 0.2) is 0 Å². The summed E-state index contributed by atoms with van der Waals surface area (Å²) in [7, 11) is 0. The van der Waals surface area contributed by atoms with E-state index in [0.717, 1.165) is 56.8 Å². The third-order valence-electron chi connectivity index (χ3n) is 5.16. The molecule has 2 aliphatic rings. The molecule has 2 heterocycles. The van der Waals surface area contributed by atoms with Crippen molar-refractivity contribution in [3.8, 4) is 0 Å². The zero-order valence-corrected chi connectivity index (χ0v) is 16.4. The number of carbonyl (C=O) groups excluding carboxylic acids is 2. The fourth-order valence-corrected chi connectivity index (χ4v) is 4.54. The predicted octanol–water partition coefficient (Wildman–Crippen LogP) is 1.67. The molecule has 2 fully saturated rings. The number of nitrogens with zero attached hydrogens (tertiary/aromatic N) is 2. The van der Waals surface area contributed by atoms with Crippen molar-refractivity contribution in [2.24, 2.45) is 17.6 Å². The van der Waals surface area contributed by atoms with Gasteiger partial charge in [-0.05, 0) is 49.9 Å². The molecule has 8 nitrogen and oxygen atoms in total. The number of nitro groups is 1. The molecule has 2 atom stereocenters. The average Bonchev–Trinajstić information content (AvgIpc) is 2.97. The Bertz CT molecular complexity index is 719. The number of primary amides is 1. The Kier molecular flexibility index (Phi) is 7.46. The second-order valence-corrected chi connectivity index (χ2v) is 7.75. The summed E-state index contributed by atoms with van der Waals surface area (Å²) in [5, 5.41) is 14.6. The van der Waals surface area contributed by atoms with Crippen molar-refractivity contribution in [2.75, 3.05) is 31.9 Å². The van der Waals surface area contributed by atoms with E-state index in [2.05, 4.69) is 5.32 Å². The lowest BCUT2D eigenvalue weighted by Crippen LogP contribution is -2.34. The van der Waals surface area contributed by atoms with Crippen LogP contribution in [0.15, 0.2) is 23.1 Å². The first-order chi connectivity index (χ1) is 12.5. The summed E-state index contributed by atoms with van der Waals surface area (Å²) >= 11 is 1.13. The molecule has 0 spiro atoms. The molecule has 0 aliphatic carbocycles. The van der Waals surface area contributed by atoms with E-state index in [1.54, 1.807) is 0 Å². The number of fused-ring (bicyclic) bond motifs is 1. The standard InChI is InChI=1S/C17H22N4O4S.ClH/c18-17(23)11-1-2-15(14(7-11)21(24)25)26-10-16(22)20-5-3-12-8-19-9-13(12)4-6-20;/h1-2,7,12-13,19H,3-6,8-10H2,(H2,18,23);1H/t12-,13+;. The van der Waals surface area contributed by atoms with Crippen molar-refractivity contribution < 1.29 is 14.5 Å². The second kappa shape index (κ2) is 9.38. The highest BCUT2D eigenvalue weighted by Gasteiger charge is 2.31. The first-order valence-electron chi connectivity index (χ1n) is 8.65. The third-order valence-corrected chi connectivity index (χ3v) is 6.21. The summed E-state index contributed by atoms with van der Waals surface area (Å²) in [5.74, 6) is 0.706. The van der Waals surface area contributed by atoms with E-state index in [0.29, 0.717) is 16.7 Å². The van der Waals surface area contributed by atoms with E-state index in [-0.39, 0.29) is 35.3 Å². The Morgan fingerprint density at radius 3 is 2.44 bits per heavy atom. The van der Waals surface area contributed by atoms with E-state index in [1.165, 1.54) is 12.1 Å². The first-order valence-corrected chi connectivity index (χ1v) is 9.64. The molecule has 10 heteroatoms. The monoisotopic (exact) mass is 414 g/mol. The fourth-order valence-electron chi connectivity index (χ4n) is 3.63. The molecule has 0 bridgehead atoms. The van der Waals surface area contributed by atoms with Gasteiger partial charge in [-0.1, -0.05) is 0 Å². The van der Waals surface area contributed by atoms with Gasteiger partial charge in [0.2, 0.25) is 11.8 Å². The molecule has 0 radical (unpaired) electrons. The van der Waals surface area contributed by atoms with Crippen LogP contribution >= 0.6 is 24.2 Å². The molecule has 2 amide bonds. The van der Waals surface area contributed by atoms with Crippen molar-refractivity contribution in [1.29, 1.82) is 0 Å². The number of nitro benzene ring substituents is 1. The van der Waals surface area contributed by atoms with Gasteiger partial charge in [-0.25, -0.2) is 0 Å². The molecule has 1 aromatic carbocycles. The lowest BCUT2D eigenvalue weighted by atomic mass is 9.92. The number of thioether (sulfide) groups is 1. The number of rotatable bonds is 5. The van der Waals surface area contributed by atoms with Crippen LogP contribution in [0.3, 0.4) is 0 Å². The van der Waals surface area contributed by atoms with E-state index in [4.69, 9.17) is 5.73 Å². The number of hydrogen-bond acceptors (Lipinski definition) is 6. The Labute approximate surface area is 167 Å². The quantitative estimate of drug-likeness (QED) is 0.429. The molecule has 27 heavy (non-hydrogen) atoms. The maximum absolute atomic E-state index is 12.5. The Balaban J connectivity index is 0.00000261. The van der Waals surface area contributed by atoms with Gasteiger partial charge in [-0.15, -0.1) is 24.2 Å². The summed E-state index contributed by atoms with van der Waals surface area (Å²) in [5.41, 5.74) is 5.06. The van der Waals surface area contributed by atoms with Crippen LogP contribution in [0.2, 0.25) is 0 Å². The Morgan fingerprint density at radius 2 is 1.89 bits per heavy atom. The SMILES string of the molecule is Cl.NC(=O)c1ccc(SCC(=O)N2CC[C@@H]3CNC[C@@H]3CC2)c([N+](=O)[O-])c1. The maximum Gasteiger partial charge on any atom is 0.283 e. The van der Waals surface area contributed by atoms with Crippen molar-refractivity contribution >= 4 is 41.7 Å². The number of likely N-dealkylation sites (tertiary alicyclic amines) is 1. The molecule has 2 saturated heterocycles. The summed E-state index contributed by atoms with van der Waals surface area (Å²) < 4.78 is 0. The van der Waals surface area contributed by atoms with Crippen molar-refractivity contribution in [2.45, 2.75) is 17.7 Å². The smallest absolute Gasteiger partial charge is 0.283 e. The highest BCUT2D eigenvalue weighted by atomic mass is 35.5. The minimum Gasteiger partial charge on any atom is -0.366 e. The van der Waals surface area contributed by atoms with Crippen molar-refractivity contribution in [1.82, 2.24) is 10.2 Å². The average molecular weight is 415 g/mol. The van der Waals surface area contributed by atoms with Gasteiger partial charge in [0.1, 0.15) is 0 Å². The van der Waals surface area contributed by atoms with E-state index in [9.17, 15) is 19.7 Å². The number of halogens is 1. The minimum atomic E-state index is -0.717. The zero-order chi connectivity index (χ0) is 18.7. The normalized spacial score (nSPS) is 21.7. The molecule has 0 aromatic heterocycles. The van der Waals surface area contributed by atoms with Crippen LogP contribution in [0.4, 0.5) is 5.69 Å². The summed E-state index contributed by atoms with van der Waals surface area (Å²) in [6, 6.07) is 4.09. The Hall–Kier alpha value is -1.84. The van der Waals surface area contributed by atoms with Crippen molar-refractivity contribution in [3.05, 3.63) is 33.9 Å². The third kappa shape index (κ3) is 5.12.